The van der Waals surface area contributed by atoms with Gasteiger partial charge in [0.05, 0.1) is 12.3 Å². The molecule has 1 heterocycles. The van der Waals surface area contributed by atoms with Gasteiger partial charge in [-0.15, -0.1) is 0 Å². The zero-order chi connectivity index (χ0) is 15.6. The average Bonchev–Trinajstić information content (AvgIpc) is 2.58. The lowest BCUT2D eigenvalue weighted by molar-refractivity contribution is 0.0727. The first-order valence-electron chi connectivity index (χ1n) is 7.42. The Kier molecular flexibility index (Phi) is 6.70. The number of carbonyl (C=O) groups is 1. The Labute approximate surface area is 130 Å². The van der Waals surface area contributed by atoms with E-state index in [9.17, 15) is 4.79 Å². The Hall–Kier alpha value is -2.08. The summed E-state index contributed by atoms with van der Waals surface area (Å²) in [6.07, 6.45) is 1.16. The minimum atomic E-state index is -0.275. The molecule has 1 saturated heterocycles. The highest BCUT2D eigenvalue weighted by atomic mass is 16.6. The fraction of sp³-hybridized carbons (Fsp3) is 0.500. The predicted molar refractivity (Wildman–Crippen MR) is 82.7 cm³/mol. The molecule has 22 heavy (non-hydrogen) atoms. The molecule has 1 aromatic rings. The van der Waals surface area contributed by atoms with Crippen LogP contribution in [-0.4, -0.2) is 50.1 Å². The summed E-state index contributed by atoms with van der Waals surface area (Å²) in [5.41, 5.74) is 1.96. The molecule has 1 aliphatic rings. The van der Waals surface area contributed by atoms with E-state index in [0.717, 1.165) is 11.3 Å². The molecule has 0 bridgehead atoms. The Balaban J connectivity index is 1.68. The molecule has 1 amide bonds. The van der Waals surface area contributed by atoms with E-state index in [0.29, 0.717) is 45.8 Å². The number of piperidine rings is 1. The van der Waals surface area contributed by atoms with E-state index in [4.69, 9.17) is 14.3 Å². The molecular formula is C16H22N2O4. The lowest BCUT2D eigenvalue weighted by Crippen LogP contribution is -2.39. The van der Waals surface area contributed by atoms with Crippen LogP contribution in [-0.2, 0) is 20.9 Å². The van der Waals surface area contributed by atoms with Gasteiger partial charge >= 0.3 is 6.09 Å². The van der Waals surface area contributed by atoms with Gasteiger partial charge in [-0.1, -0.05) is 35.5 Å². The number of hydrogen-bond donors (Lipinski definition) is 0. The van der Waals surface area contributed by atoms with Gasteiger partial charge in [-0.2, -0.15) is 0 Å². The van der Waals surface area contributed by atoms with Crippen LogP contribution >= 0.6 is 0 Å². The van der Waals surface area contributed by atoms with Crippen molar-refractivity contribution in [3.63, 3.8) is 0 Å². The highest BCUT2D eigenvalue weighted by Crippen LogP contribution is 2.10. The van der Waals surface area contributed by atoms with E-state index >= 15 is 0 Å². The minimum Gasteiger partial charge on any atom is -0.445 e. The van der Waals surface area contributed by atoms with Crippen molar-refractivity contribution in [2.24, 2.45) is 5.16 Å². The van der Waals surface area contributed by atoms with Crippen LogP contribution in [0.4, 0.5) is 4.79 Å². The summed E-state index contributed by atoms with van der Waals surface area (Å²) in [5, 5.41) is 4.07. The van der Waals surface area contributed by atoms with Gasteiger partial charge in [-0.25, -0.2) is 4.79 Å². The molecular weight excluding hydrogens is 284 g/mol. The fourth-order valence-electron chi connectivity index (χ4n) is 2.11. The molecule has 0 unspecified atom stereocenters. The largest absolute Gasteiger partial charge is 0.445 e. The maximum absolute atomic E-state index is 12.0. The topological polar surface area (TPSA) is 60.4 Å². The van der Waals surface area contributed by atoms with Crippen molar-refractivity contribution in [1.29, 1.82) is 0 Å². The number of benzene rings is 1. The van der Waals surface area contributed by atoms with Crippen molar-refractivity contribution in [3.8, 4) is 0 Å². The quantitative estimate of drug-likeness (QED) is 0.598. The van der Waals surface area contributed by atoms with Crippen molar-refractivity contribution < 1.29 is 19.1 Å². The van der Waals surface area contributed by atoms with Gasteiger partial charge in [0, 0.05) is 33.0 Å². The molecule has 6 nitrogen and oxygen atoms in total. The first kappa shape index (κ1) is 16.3. The van der Waals surface area contributed by atoms with E-state index in [2.05, 4.69) is 5.16 Å². The summed E-state index contributed by atoms with van der Waals surface area (Å²) in [6, 6.07) is 9.66. The molecule has 2 rings (SSSR count). The number of likely N-dealkylation sites (tertiary alicyclic amines) is 1. The van der Waals surface area contributed by atoms with Gasteiger partial charge in [0.2, 0.25) is 0 Å². The number of oxime groups is 1. The number of hydrogen-bond acceptors (Lipinski definition) is 5. The van der Waals surface area contributed by atoms with Crippen LogP contribution < -0.4 is 0 Å². The number of nitrogens with zero attached hydrogens (tertiary/aromatic N) is 2. The summed E-state index contributed by atoms with van der Waals surface area (Å²) in [4.78, 5) is 18.8. The van der Waals surface area contributed by atoms with Gasteiger partial charge in [0.1, 0.15) is 13.2 Å². The number of ether oxygens (including phenoxy) is 2. The molecule has 0 aromatic heterocycles. The molecule has 0 aliphatic carbocycles. The highest BCUT2D eigenvalue weighted by molar-refractivity contribution is 5.86. The normalized spacial score (nSPS) is 14.6. The van der Waals surface area contributed by atoms with E-state index in [1.165, 1.54) is 0 Å². The lowest BCUT2D eigenvalue weighted by Gasteiger charge is -2.26. The first-order valence-corrected chi connectivity index (χ1v) is 7.42. The Morgan fingerprint density at radius 2 is 1.91 bits per heavy atom. The molecule has 0 saturated carbocycles. The number of rotatable bonds is 6. The predicted octanol–water partition coefficient (Wildman–Crippen LogP) is 2.44. The smallest absolute Gasteiger partial charge is 0.410 e. The second-order valence-corrected chi connectivity index (χ2v) is 5.01. The van der Waals surface area contributed by atoms with Crippen molar-refractivity contribution in [2.75, 3.05) is 33.4 Å². The van der Waals surface area contributed by atoms with Crippen LogP contribution in [0.15, 0.2) is 35.5 Å². The van der Waals surface area contributed by atoms with Crippen LogP contribution in [0.25, 0.3) is 0 Å². The fourth-order valence-corrected chi connectivity index (χ4v) is 2.11. The minimum absolute atomic E-state index is 0.275. The van der Waals surface area contributed by atoms with Gasteiger partial charge in [-0.3, -0.25) is 0 Å². The molecule has 1 aromatic carbocycles. The standard InChI is InChI=1S/C16H22N2O4/c1-20-11-12-22-17-15-7-9-18(10-8-15)16(19)21-13-14-5-3-2-4-6-14/h2-6H,7-13H2,1H3. The SMILES string of the molecule is COCCON=C1CCN(C(=O)OCc2ccccc2)CC1. The Morgan fingerprint density at radius 1 is 1.18 bits per heavy atom. The average molecular weight is 306 g/mol. The molecule has 1 aliphatic heterocycles. The molecule has 6 heteroatoms. The molecule has 120 valence electrons. The maximum Gasteiger partial charge on any atom is 0.410 e. The number of amides is 1. The third kappa shape index (κ3) is 5.37. The second-order valence-electron chi connectivity index (χ2n) is 5.01. The lowest BCUT2D eigenvalue weighted by atomic mass is 10.1. The summed E-state index contributed by atoms with van der Waals surface area (Å²) in [6.45, 7) is 2.50. The molecule has 0 spiro atoms. The highest BCUT2D eigenvalue weighted by Gasteiger charge is 2.21. The second kappa shape index (κ2) is 9.04. The van der Waals surface area contributed by atoms with E-state index < -0.39 is 0 Å². The third-order valence-corrected chi connectivity index (χ3v) is 3.38. The van der Waals surface area contributed by atoms with Crippen molar-refractivity contribution in [2.45, 2.75) is 19.4 Å². The molecule has 0 N–H and O–H groups in total. The first-order chi connectivity index (χ1) is 10.8. The van der Waals surface area contributed by atoms with E-state index in [1.54, 1.807) is 12.0 Å². The summed E-state index contributed by atoms with van der Waals surface area (Å²) < 4.78 is 10.2. The number of methoxy groups -OCH3 is 1. The summed E-state index contributed by atoms with van der Waals surface area (Å²) in [5.74, 6) is 0. The summed E-state index contributed by atoms with van der Waals surface area (Å²) >= 11 is 0. The maximum atomic E-state index is 12.0. The van der Waals surface area contributed by atoms with Gasteiger partial charge < -0.3 is 19.2 Å². The van der Waals surface area contributed by atoms with Gasteiger partial charge in [-0.05, 0) is 5.56 Å². The van der Waals surface area contributed by atoms with Crippen LogP contribution in [0.5, 0.6) is 0 Å². The molecule has 1 fully saturated rings. The van der Waals surface area contributed by atoms with Crippen LogP contribution in [0.3, 0.4) is 0 Å². The number of carbonyl (C=O) groups excluding carboxylic acids is 1. The summed E-state index contributed by atoms with van der Waals surface area (Å²) in [7, 11) is 1.62. The zero-order valence-corrected chi connectivity index (χ0v) is 12.9. The van der Waals surface area contributed by atoms with Crippen molar-refractivity contribution >= 4 is 11.8 Å². The van der Waals surface area contributed by atoms with Gasteiger partial charge in [0.25, 0.3) is 0 Å². The molecule has 0 radical (unpaired) electrons. The Morgan fingerprint density at radius 3 is 2.59 bits per heavy atom. The third-order valence-electron chi connectivity index (χ3n) is 3.38. The van der Waals surface area contributed by atoms with Crippen molar-refractivity contribution in [1.82, 2.24) is 4.90 Å². The monoisotopic (exact) mass is 306 g/mol. The van der Waals surface area contributed by atoms with E-state index in [-0.39, 0.29) is 6.09 Å². The van der Waals surface area contributed by atoms with Crippen LogP contribution in [0.1, 0.15) is 18.4 Å². The Bertz CT molecular complexity index is 480. The van der Waals surface area contributed by atoms with Gasteiger partial charge in [0.15, 0.2) is 0 Å². The van der Waals surface area contributed by atoms with Crippen molar-refractivity contribution in [3.05, 3.63) is 35.9 Å². The molecule has 0 atom stereocenters. The van der Waals surface area contributed by atoms with Crippen LogP contribution in [0, 0.1) is 0 Å². The van der Waals surface area contributed by atoms with Crippen LogP contribution in [0.2, 0.25) is 0 Å². The zero-order valence-electron chi connectivity index (χ0n) is 12.9. The van der Waals surface area contributed by atoms with E-state index in [1.807, 2.05) is 30.3 Å².